The van der Waals surface area contributed by atoms with Crippen LogP contribution in [0.15, 0.2) is 47.3 Å². The lowest BCUT2D eigenvalue weighted by molar-refractivity contribution is -0.174. The van der Waals surface area contributed by atoms with Crippen LogP contribution in [-0.2, 0) is 16.6 Å². The van der Waals surface area contributed by atoms with Crippen LogP contribution in [0.3, 0.4) is 0 Å². The first-order chi connectivity index (χ1) is 15.7. The molecule has 1 N–H and O–H groups in total. The summed E-state index contributed by atoms with van der Waals surface area (Å²) in [5.74, 6) is 0.214. The van der Waals surface area contributed by atoms with Crippen LogP contribution in [0, 0.1) is 0 Å². The van der Waals surface area contributed by atoms with Gasteiger partial charge < -0.3 is 23.9 Å². The molecule has 0 saturated heterocycles. The predicted octanol–water partition coefficient (Wildman–Crippen LogP) is 3.99. The van der Waals surface area contributed by atoms with Gasteiger partial charge in [0.15, 0.2) is 6.10 Å². The van der Waals surface area contributed by atoms with E-state index in [1.54, 1.807) is 19.9 Å². The Labute approximate surface area is 190 Å². The summed E-state index contributed by atoms with van der Waals surface area (Å²) in [5, 5.41) is 14.1. The fourth-order valence-electron chi connectivity index (χ4n) is 5.02. The summed E-state index contributed by atoms with van der Waals surface area (Å²) >= 11 is 0. The molecule has 0 spiro atoms. The number of carbonyl (C=O) groups is 1. The number of ether oxygens (including phenoxy) is 3. The average Bonchev–Trinajstić information content (AvgIpc) is 2.77. The highest BCUT2D eigenvalue weighted by molar-refractivity contribution is 6.11. The van der Waals surface area contributed by atoms with Crippen LogP contribution in [0.4, 0.5) is 0 Å². The number of pyridine rings is 1. The molecule has 2 atom stereocenters. The number of carbonyl (C=O) groups excluding carboxylic acids is 1. The second-order valence-electron chi connectivity index (χ2n) is 8.96. The molecule has 170 valence electrons. The van der Waals surface area contributed by atoms with Crippen molar-refractivity contribution in [2.45, 2.75) is 38.6 Å². The highest BCUT2D eigenvalue weighted by Crippen LogP contribution is 2.47. The third kappa shape index (κ3) is 2.99. The Balaban J connectivity index is 1.96. The molecular formula is C26H25NO6. The van der Waals surface area contributed by atoms with Gasteiger partial charge in [-0.05, 0) is 30.7 Å². The van der Waals surface area contributed by atoms with Crippen LogP contribution in [0.2, 0.25) is 0 Å². The van der Waals surface area contributed by atoms with Crippen LogP contribution in [0.25, 0.3) is 32.6 Å². The minimum atomic E-state index is -1.20. The van der Waals surface area contributed by atoms with Crippen LogP contribution in [0.1, 0.15) is 32.4 Å². The number of methoxy groups -OCH3 is 1. The number of aliphatic hydroxyl groups is 1. The number of hydrogen-bond acceptors (Lipinski definition) is 6. The van der Waals surface area contributed by atoms with Crippen molar-refractivity contribution in [1.82, 2.24) is 4.57 Å². The fourth-order valence-corrected chi connectivity index (χ4v) is 5.02. The Hall–Kier alpha value is -3.58. The molecule has 1 aliphatic rings. The van der Waals surface area contributed by atoms with Gasteiger partial charge in [0.05, 0.1) is 34.5 Å². The molecular weight excluding hydrogens is 422 g/mol. The molecule has 0 aliphatic carbocycles. The molecule has 1 aromatic heterocycles. The number of benzene rings is 3. The molecule has 0 radical (unpaired) electrons. The van der Waals surface area contributed by atoms with Gasteiger partial charge in [-0.15, -0.1) is 0 Å². The maximum atomic E-state index is 13.9. The molecule has 1 aliphatic heterocycles. The van der Waals surface area contributed by atoms with Crippen molar-refractivity contribution < 1.29 is 24.1 Å². The maximum absolute atomic E-state index is 13.9. The average molecular weight is 447 g/mol. The molecule has 7 heteroatoms. The first-order valence-corrected chi connectivity index (χ1v) is 10.7. The Morgan fingerprint density at radius 3 is 2.58 bits per heavy atom. The standard InChI is InChI=1S/C26H25NO6/c1-13(28)32-25-24(30)21-18(33-26(25,2)3)12-17(31-5)20-22(21)27(4)16-11-10-14-8-6-7-9-15(14)19(16)23(20)29/h6-12,24-25,30H,1-5H3/t24-,25-/m1/s1. The molecule has 7 nitrogen and oxygen atoms in total. The van der Waals surface area contributed by atoms with E-state index in [-0.39, 0.29) is 5.43 Å². The molecule has 33 heavy (non-hydrogen) atoms. The van der Waals surface area contributed by atoms with Crippen LogP contribution in [0.5, 0.6) is 11.5 Å². The lowest BCUT2D eigenvalue weighted by atomic mass is 9.86. The van der Waals surface area contributed by atoms with Crippen molar-refractivity contribution in [1.29, 1.82) is 0 Å². The SMILES string of the molecule is COc1cc2c(c3c1c(=O)c1c4ccccc4ccc1n3C)[C@@H](O)[C@@H](OC(C)=O)C(C)(C)O2. The summed E-state index contributed by atoms with van der Waals surface area (Å²) in [7, 11) is 3.34. The van der Waals surface area contributed by atoms with Gasteiger partial charge in [-0.2, -0.15) is 0 Å². The first-order valence-electron chi connectivity index (χ1n) is 10.7. The van der Waals surface area contributed by atoms with Gasteiger partial charge in [0.25, 0.3) is 0 Å². The smallest absolute Gasteiger partial charge is 0.303 e. The van der Waals surface area contributed by atoms with E-state index in [0.29, 0.717) is 38.9 Å². The minimum Gasteiger partial charge on any atom is -0.496 e. The van der Waals surface area contributed by atoms with Gasteiger partial charge in [0.1, 0.15) is 23.2 Å². The first kappa shape index (κ1) is 21.3. The topological polar surface area (TPSA) is 87.0 Å². The summed E-state index contributed by atoms with van der Waals surface area (Å²) in [5.41, 5.74) is 0.393. The van der Waals surface area contributed by atoms with Gasteiger partial charge in [-0.3, -0.25) is 9.59 Å². The highest BCUT2D eigenvalue weighted by Gasteiger charge is 2.47. The number of aryl methyl sites for hydroxylation is 1. The lowest BCUT2D eigenvalue weighted by Gasteiger charge is -2.42. The van der Waals surface area contributed by atoms with Crippen LogP contribution < -0.4 is 14.9 Å². The Morgan fingerprint density at radius 1 is 1.15 bits per heavy atom. The van der Waals surface area contributed by atoms with E-state index in [0.717, 1.165) is 10.8 Å². The van der Waals surface area contributed by atoms with Crippen molar-refractivity contribution in [3.05, 3.63) is 58.3 Å². The van der Waals surface area contributed by atoms with Gasteiger partial charge >= 0.3 is 5.97 Å². The zero-order chi connectivity index (χ0) is 23.7. The Bertz CT molecular complexity index is 1520. The van der Waals surface area contributed by atoms with Crippen molar-refractivity contribution in [2.75, 3.05) is 7.11 Å². The Kier molecular flexibility index (Phi) is 4.65. The van der Waals surface area contributed by atoms with Crippen LogP contribution >= 0.6 is 0 Å². The molecule has 0 unspecified atom stereocenters. The minimum absolute atomic E-state index is 0.199. The molecule has 0 amide bonds. The molecule has 5 rings (SSSR count). The van der Waals surface area contributed by atoms with E-state index in [2.05, 4.69) is 0 Å². The number of rotatable bonds is 2. The summed E-state index contributed by atoms with van der Waals surface area (Å²) < 4.78 is 19.2. The van der Waals surface area contributed by atoms with E-state index >= 15 is 0 Å². The second kappa shape index (κ2) is 7.22. The highest BCUT2D eigenvalue weighted by atomic mass is 16.6. The zero-order valence-electron chi connectivity index (χ0n) is 19.1. The van der Waals surface area contributed by atoms with E-state index < -0.39 is 23.8 Å². The molecule has 3 aromatic carbocycles. The third-order valence-electron chi connectivity index (χ3n) is 6.48. The summed E-state index contributed by atoms with van der Waals surface area (Å²) in [6.45, 7) is 4.78. The van der Waals surface area contributed by atoms with Crippen molar-refractivity contribution in [2.24, 2.45) is 7.05 Å². The van der Waals surface area contributed by atoms with Gasteiger partial charge in [-0.25, -0.2) is 0 Å². The number of hydrogen-bond donors (Lipinski definition) is 1. The molecule has 4 aromatic rings. The second-order valence-corrected chi connectivity index (χ2v) is 8.96. The quantitative estimate of drug-likeness (QED) is 0.284. The largest absolute Gasteiger partial charge is 0.496 e. The lowest BCUT2D eigenvalue weighted by Crippen LogP contribution is -2.51. The van der Waals surface area contributed by atoms with E-state index in [1.807, 2.05) is 48.0 Å². The normalized spacial score (nSPS) is 19.3. The van der Waals surface area contributed by atoms with Crippen LogP contribution in [-0.4, -0.2) is 34.5 Å². The van der Waals surface area contributed by atoms with Gasteiger partial charge in [0.2, 0.25) is 5.43 Å². The maximum Gasteiger partial charge on any atom is 0.303 e. The monoisotopic (exact) mass is 447 g/mol. The fraction of sp³-hybridized carbons (Fsp3) is 0.308. The molecule has 0 fully saturated rings. The summed E-state index contributed by atoms with van der Waals surface area (Å²) in [6, 6.07) is 13.2. The summed E-state index contributed by atoms with van der Waals surface area (Å²) in [4.78, 5) is 25.7. The number of fused-ring (bicyclic) bond motifs is 6. The van der Waals surface area contributed by atoms with Crippen molar-refractivity contribution in [3.8, 4) is 11.5 Å². The number of aliphatic hydroxyl groups excluding tert-OH is 1. The van der Waals surface area contributed by atoms with Crippen molar-refractivity contribution in [3.63, 3.8) is 0 Å². The van der Waals surface area contributed by atoms with E-state index in [4.69, 9.17) is 14.2 Å². The zero-order valence-corrected chi connectivity index (χ0v) is 19.1. The summed E-state index contributed by atoms with van der Waals surface area (Å²) in [6.07, 6.45) is -2.16. The molecule has 0 saturated carbocycles. The van der Waals surface area contributed by atoms with Gasteiger partial charge in [0, 0.05) is 20.0 Å². The number of nitrogens with zero attached hydrogens (tertiary/aromatic N) is 1. The van der Waals surface area contributed by atoms with E-state index in [9.17, 15) is 14.7 Å². The third-order valence-corrected chi connectivity index (χ3v) is 6.48. The molecule has 0 bridgehead atoms. The number of aromatic nitrogens is 1. The van der Waals surface area contributed by atoms with Crippen molar-refractivity contribution >= 4 is 38.5 Å². The Morgan fingerprint density at radius 2 is 1.88 bits per heavy atom. The predicted molar refractivity (Wildman–Crippen MR) is 126 cm³/mol. The van der Waals surface area contributed by atoms with E-state index in [1.165, 1.54) is 14.0 Å². The van der Waals surface area contributed by atoms with Gasteiger partial charge in [-0.1, -0.05) is 30.3 Å². The molecule has 2 heterocycles. The number of esters is 1.